The Morgan fingerprint density at radius 1 is 1.18 bits per heavy atom. The number of hydrogen-bond donors (Lipinski definition) is 0. The zero-order valence-electron chi connectivity index (χ0n) is 8.43. The molecule has 0 aliphatic rings. The highest BCUT2D eigenvalue weighted by Crippen LogP contribution is 2.23. The molecule has 0 heterocycles. The maximum atomic E-state index is 2.87. The maximum absolute atomic E-state index is 2.87. The van der Waals surface area contributed by atoms with Crippen molar-refractivity contribution < 1.29 is 0 Å². The van der Waals surface area contributed by atoms with Crippen LogP contribution < -0.4 is 0 Å². The minimum absolute atomic E-state index is 0.849. The Kier molecular flexibility index (Phi) is 6.24. The molecular formula is C10H23P. The molecular weight excluding hydrogens is 151 g/mol. The molecule has 0 aromatic rings. The van der Waals surface area contributed by atoms with Crippen LogP contribution in [0.15, 0.2) is 0 Å². The molecule has 0 bridgehead atoms. The van der Waals surface area contributed by atoms with E-state index in [2.05, 4.69) is 36.9 Å². The fourth-order valence-corrected chi connectivity index (χ4v) is 2.06. The Morgan fingerprint density at radius 2 is 1.73 bits per heavy atom. The molecule has 0 aliphatic carbocycles. The molecule has 0 aromatic heterocycles. The van der Waals surface area contributed by atoms with E-state index < -0.39 is 0 Å². The van der Waals surface area contributed by atoms with Gasteiger partial charge in [-0.2, -0.15) is 0 Å². The van der Waals surface area contributed by atoms with Crippen LogP contribution in [0.1, 0.15) is 40.5 Å². The zero-order chi connectivity index (χ0) is 8.85. The van der Waals surface area contributed by atoms with Gasteiger partial charge in [-0.25, -0.2) is 0 Å². The normalized spacial score (nSPS) is 16.9. The smallest absolute Gasteiger partial charge is 0.0350 e. The van der Waals surface area contributed by atoms with Crippen molar-refractivity contribution in [2.75, 3.05) is 6.16 Å². The molecule has 0 fully saturated rings. The predicted molar refractivity (Wildman–Crippen MR) is 57.0 cm³/mol. The summed E-state index contributed by atoms with van der Waals surface area (Å²) in [5.74, 6) is 2.67. The van der Waals surface area contributed by atoms with E-state index in [1.165, 1.54) is 19.0 Å². The van der Waals surface area contributed by atoms with Gasteiger partial charge < -0.3 is 0 Å². The van der Waals surface area contributed by atoms with Crippen molar-refractivity contribution >= 4 is 9.24 Å². The molecule has 0 aromatic carbocycles. The number of rotatable bonds is 5. The Labute approximate surface area is 74.4 Å². The molecule has 0 radical (unpaired) electrons. The van der Waals surface area contributed by atoms with Crippen molar-refractivity contribution in [3.05, 3.63) is 0 Å². The van der Waals surface area contributed by atoms with E-state index in [0.29, 0.717) is 0 Å². The summed E-state index contributed by atoms with van der Waals surface area (Å²) < 4.78 is 0. The fraction of sp³-hybridized carbons (Fsp3) is 1.00. The summed E-state index contributed by atoms with van der Waals surface area (Å²) in [5.41, 5.74) is 0. The molecule has 0 saturated carbocycles. The molecule has 0 amide bonds. The lowest BCUT2D eigenvalue weighted by molar-refractivity contribution is 0.332. The summed E-state index contributed by atoms with van der Waals surface area (Å²) in [5, 5.41) is 0. The van der Waals surface area contributed by atoms with Crippen molar-refractivity contribution in [2.24, 2.45) is 17.8 Å². The van der Waals surface area contributed by atoms with Crippen LogP contribution >= 0.6 is 9.24 Å². The van der Waals surface area contributed by atoms with Crippen LogP contribution in [0.4, 0.5) is 0 Å². The minimum Gasteiger partial charge on any atom is -0.137 e. The minimum atomic E-state index is 0.849. The first-order valence-corrected chi connectivity index (χ1v) is 5.63. The largest absolute Gasteiger partial charge is 0.137 e. The van der Waals surface area contributed by atoms with E-state index in [1.807, 2.05) is 0 Å². The van der Waals surface area contributed by atoms with Gasteiger partial charge in [0.1, 0.15) is 0 Å². The Morgan fingerprint density at radius 3 is 2.00 bits per heavy atom. The van der Waals surface area contributed by atoms with Crippen molar-refractivity contribution in [2.45, 2.75) is 40.5 Å². The molecule has 1 heteroatoms. The molecule has 11 heavy (non-hydrogen) atoms. The lowest BCUT2D eigenvalue weighted by Crippen LogP contribution is -2.13. The maximum Gasteiger partial charge on any atom is -0.0350 e. The summed E-state index contributed by atoms with van der Waals surface area (Å²) in [6, 6.07) is 0. The highest BCUT2D eigenvalue weighted by molar-refractivity contribution is 7.16. The van der Waals surface area contributed by atoms with Gasteiger partial charge >= 0.3 is 0 Å². The van der Waals surface area contributed by atoms with Gasteiger partial charge in [-0.05, 0) is 30.3 Å². The molecule has 0 spiro atoms. The summed E-state index contributed by atoms with van der Waals surface area (Å²) >= 11 is 0. The first-order chi connectivity index (χ1) is 5.11. The van der Waals surface area contributed by atoms with E-state index in [0.717, 1.165) is 17.8 Å². The second-order valence-corrected chi connectivity index (χ2v) is 4.46. The first kappa shape index (κ1) is 11.4. The monoisotopic (exact) mass is 174 g/mol. The summed E-state index contributed by atoms with van der Waals surface area (Å²) in [4.78, 5) is 0. The average Bonchev–Trinajstić information content (AvgIpc) is 1.99. The molecule has 0 N–H and O–H groups in total. The third-order valence-electron chi connectivity index (χ3n) is 2.65. The quantitative estimate of drug-likeness (QED) is 0.559. The summed E-state index contributed by atoms with van der Waals surface area (Å²) in [6.07, 6.45) is 3.99. The van der Waals surface area contributed by atoms with Gasteiger partial charge in [-0.1, -0.05) is 34.1 Å². The van der Waals surface area contributed by atoms with Gasteiger partial charge in [0.15, 0.2) is 0 Å². The first-order valence-electron chi connectivity index (χ1n) is 4.81. The van der Waals surface area contributed by atoms with E-state index >= 15 is 0 Å². The predicted octanol–water partition coefficient (Wildman–Crippen LogP) is 3.57. The Balaban J connectivity index is 3.68. The lowest BCUT2D eigenvalue weighted by Gasteiger charge is -2.21. The zero-order valence-corrected chi connectivity index (χ0v) is 9.59. The number of hydrogen-bond acceptors (Lipinski definition) is 0. The second-order valence-electron chi connectivity index (χ2n) is 3.99. The topological polar surface area (TPSA) is 0 Å². The third kappa shape index (κ3) is 4.80. The highest BCUT2D eigenvalue weighted by atomic mass is 31.0. The molecule has 0 aliphatic heterocycles. The van der Waals surface area contributed by atoms with Gasteiger partial charge in [0, 0.05) is 0 Å². The lowest BCUT2D eigenvalue weighted by atomic mass is 9.87. The van der Waals surface area contributed by atoms with E-state index in [-0.39, 0.29) is 0 Å². The van der Waals surface area contributed by atoms with Crippen molar-refractivity contribution in [1.29, 1.82) is 0 Å². The van der Waals surface area contributed by atoms with Gasteiger partial charge in [0.25, 0.3) is 0 Å². The van der Waals surface area contributed by atoms with Gasteiger partial charge in [0.2, 0.25) is 0 Å². The molecule has 3 atom stereocenters. The van der Waals surface area contributed by atoms with Gasteiger partial charge in [-0.3, -0.25) is 0 Å². The highest BCUT2D eigenvalue weighted by Gasteiger charge is 2.13. The molecule has 3 unspecified atom stereocenters. The van der Waals surface area contributed by atoms with Crippen LogP contribution in [0.5, 0.6) is 0 Å². The summed E-state index contributed by atoms with van der Waals surface area (Å²) in [7, 11) is 2.87. The van der Waals surface area contributed by atoms with Crippen molar-refractivity contribution in [1.82, 2.24) is 0 Å². The van der Waals surface area contributed by atoms with Gasteiger partial charge in [-0.15, -0.1) is 9.24 Å². The Bertz CT molecular complexity index is 88.9. The van der Waals surface area contributed by atoms with Crippen LogP contribution in [0.3, 0.4) is 0 Å². The average molecular weight is 174 g/mol. The fourth-order valence-electron chi connectivity index (χ4n) is 1.32. The van der Waals surface area contributed by atoms with E-state index in [4.69, 9.17) is 0 Å². The summed E-state index contributed by atoms with van der Waals surface area (Å²) in [6.45, 7) is 9.30. The van der Waals surface area contributed by atoms with Crippen molar-refractivity contribution in [3.8, 4) is 0 Å². The van der Waals surface area contributed by atoms with Gasteiger partial charge in [0.05, 0.1) is 0 Å². The van der Waals surface area contributed by atoms with Crippen molar-refractivity contribution in [3.63, 3.8) is 0 Å². The van der Waals surface area contributed by atoms with Crippen LogP contribution in [0.25, 0.3) is 0 Å². The van der Waals surface area contributed by atoms with Crippen LogP contribution in [0.2, 0.25) is 0 Å². The molecule has 68 valence electrons. The standard InChI is InChI=1S/C10H23P/c1-5-9(4)6-10(7-11)8(2)3/h8-10H,5-7,11H2,1-4H3. The molecule has 0 rings (SSSR count). The van der Waals surface area contributed by atoms with E-state index in [1.54, 1.807) is 0 Å². The second kappa shape index (κ2) is 6.00. The third-order valence-corrected chi connectivity index (χ3v) is 3.25. The van der Waals surface area contributed by atoms with Crippen LogP contribution in [0, 0.1) is 17.8 Å². The Hall–Kier alpha value is 0.430. The molecule has 0 nitrogen and oxygen atoms in total. The van der Waals surface area contributed by atoms with Crippen LogP contribution in [-0.2, 0) is 0 Å². The van der Waals surface area contributed by atoms with E-state index in [9.17, 15) is 0 Å². The SMILES string of the molecule is CCC(C)CC(CP)C(C)C. The van der Waals surface area contributed by atoms with Crippen LogP contribution in [-0.4, -0.2) is 6.16 Å². The molecule has 0 saturated heterocycles.